The summed E-state index contributed by atoms with van der Waals surface area (Å²) in [6.45, 7) is 7.03. The molecule has 2 N–H and O–H groups in total. The number of imidazole rings is 1. The highest BCUT2D eigenvalue weighted by atomic mass is 35.5. The van der Waals surface area contributed by atoms with Crippen molar-refractivity contribution in [2.45, 2.75) is 56.9 Å². The molecule has 0 aliphatic carbocycles. The normalized spacial score (nSPS) is 17.3. The molecule has 45 heavy (non-hydrogen) atoms. The Bertz CT molecular complexity index is 1520. The van der Waals surface area contributed by atoms with E-state index in [9.17, 15) is 9.59 Å². The first-order valence-electron chi connectivity index (χ1n) is 16.7. The molecular weight excluding hydrogens is 582 g/mol. The second-order valence-corrected chi connectivity index (χ2v) is 12.7. The standard InChI is InChI=1S/C37H47N5O2.ClH/c43-36(33(31-13-5-2-6-14-31)27-29-11-3-1-4-12-29)41-25-17-30(18-26-41)28-38-21-9-10-22-40-23-19-32(20-24-40)42-35-16-8-7-15-34(35)39-37(42)44;/h1-8,11-16,30,32-33,38H,9-10,17-28H2,(H,39,44);1H. The van der Waals surface area contributed by atoms with E-state index in [0.717, 1.165) is 94.5 Å². The van der Waals surface area contributed by atoms with Gasteiger partial charge in [0.05, 0.1) is 17.0 Å². The number of piperidine rings is 2. The average molecular weight is 630 g/mol. The maximum atomic E-state index is 13.7. The molecule has 0 bridgehead atoms. The lowest BCUT2D eigenvalue weighted by Crippen LogP contribution is -2.43. The number of carbonyl (C=O) groups excluding carboxylic acids is 1. The number of hydrogen-bond donors (Lipinski definition) is 2. The fourth-order valence-electron chi connectivity index (χ4n) is 7.19. The molecule has 1 amide bonds. The van der Waals surface area contributed by atoms with Crippen LogP contribution in [0.4, 0.5) is 0 Å². The van der Waals surface area contributed by atoms with Gasteiger partial charge in [-0.15, -0.1) is 12.4 Å². The molecule has 2 saturated heterocycles. The van der Waals surface area contributed by atoms with Gasteiger partial charge in [-0.1, -0.05) is 72.8 Å². The van der Waals surface area contributed by atoms with Gasteiger partial charge in [-0.05, 0) is 93.8 Å². The zero-order valence-electron chi connectivity index (χ0n) is 26.3. The van der Waals surface area contributed by atoms with Crippen LogP contribution in [0.25, 0.3) is 11.0 Å². The summed E-state index contributed by atoms with van der Waals surface area (Å²) in [5.41, 5.74) is 4.30. The summed E-state index contributed by atoms with van der Waals surface area (Å²) in [4.78, 5) is 33.9. The number of para-hydroxylation sites is 2. The molecule has 0 spiro atoms. The molecule has 3 aromatic carbocycles. The van der Waals surface area contributed by atoms with Gasteiger partial charge in [-0.2, -0.15) is 0 Å². The predicted octanol–water partition coefficient (Wildman–Crippen LogP) is 6.02. The van der Waals surface area contributed by atoms with Gasteiger partial charge in [0, 0.05) is 32.2 Å². The third kappa shape index (κ3) is 8.46. The number of hydrogen-bond acceptors (Lipinski definition) is 4. The van der Waals surface area contributed by atoms with Crippen LogP contribution in [0.15, 0.2) is 89.7 Å². The van der Waals surface area contributed by atoms with E-state index in [2.05, 4.69) is 56.5 Å². The lowest BCUT2D eigenvalue weighted by Gasteiger charge is -2.34. The Balaban J connectivity index is 0.00000400. The molecule has 6 rings (SSSR count). The molecule has 7 nitrogen and oxygen atoms in total. The third-order valence-corrected chi connectivity index (χ3v) is 9.77. The summed E-state index contributed by atoms with van der Waals surface area (Å²) in [5.74, 6) is 0.773. The van der Waals surface area contributed by atoms with Crippen LogP contribution in [0.1, 0.15) is 61.6 Å². The van der Waals surface area contributed by atoms with E-state index in [-0.39, 0.29) is 36.0 Å². The lowest BCUT2D eigenvalue weighted by atomic mass is 9.89. The number of aromatic amines is 1. The van der Waals surface area contributed by atoms with Gasteiger partial charge in [0.15, 0.2) is 0 Å². The van der Waals surface area contributed by atoms with Crippen LogP contribution in [-0.2, 0) is 11.2 Å². The second kappa shape index (κ2) is 16.3. The van der Waals surface area contributed by atoms with Crippen molar-refractivity contribution in [3.63, 3.8) is 0 Å². The number of H-pyrrole nitrogens is 1. The zero-order chi connectivity index (χ0) is 30.1. The van der Waals surface area contributed by atoms with Gasteiger partial charge in [0.2, 0.25) is 5.91 Å². The molecule has 0 radical (unpaired) electrons. The fourth-order valence-corrected chi connectivity index (χ4v) is 7.19. The highest BCUT2D eigenvalue weighted by molar-refractivity contribution is 5.85. The fraction of sp³-hybridized carbons (Fsp3) is 0.459. The summed E-state index contributed by atoms with van der Waals surface area (Å²) in [6, 6.07) is 29.0. The highest BCUT2D eigenvalue weighted by Crippen LogP contribution is 2.27. The van der Waals surface area contributed by atoms with Crippen LogP contribution >= 0.6 is 12.4 Å². The van der Waals surface area contributed by atoms with Gasteiger partial charge < -0.3 is 20.1 Å². The minimum atomic E-state index is -0.129. The monoisotopic (exact) mass is 629 g/mol. The minimum absolute atomic E-state index is 0. The second-order valence-electron chi connectivity index (χ2n) is 12.7. The SMILES string of the molecule is Cl.O=C(C(Cc1ccccc1)c1ccccc1)N1CCC(CNCCCCN2CCC(n3c(=O)[nH]c4ccccc43)CC2)CC1. The van der Waals surface area contributed by atoms with E-state index in [1.165, 1.54) is 18.4 Å². The zero-order valence-corrected chi connectivity index (χ0v) is 27.1. The van der Waals surface area contributed by atoms with Crippen LogP contribution in [0, 0.1) is 5.92 Å². The topological polar surface area (TPSA) is 73.4 Å². The first-order valence-corrected chi connectivity index (χ1v) is 16.7. The number of unbranched alkanes of at least 4 members (excludes halogenated alkanes) is 1. The van der Waals surface area contributed by atoms with Crippen LogP contribution < -0.4 is 11.0 Å². The molecule has 1 atom stereocenters. The quantitative estimate of drug-likeness (QED) is 0.188. The number of likely N-dealkylation sites (tertiary alicyclic amines) is 2. The van der Waals surface area contributed by atoms with E-state index >= 15 is 0 Å². The first-order chi connectivity index (χ1) is 21.7. The molecule has 8 heteroatoms. The van der Waals surface area contributed by atoms with Crippen molar-refractivity contribution in [2.75, 3.05) is 45.8 Å². The van der Waals surface area contributed by atoms with E-state index in [0.29, 0.717) is 5.92 Å². The van der Waals surface area contributed by atoms with Gasteiger partial charge in [-0.25, -0.2) is 4.79 Å². The Labute approximate surface area is 273 Å². The Morgan fingerprint density at radius 2 is 1.49 bits per heavy atom. The number of halogens is 1. The van der Waals surface area contributed by atoms with Crippen molar-refractivity contribution < 1.29 is 4.79 Å². The van der Waals surface area contributed by atoms with Crippen LogP contribution in [0.5, 0.6) is 0 Å². The molecule has 3 heterocycles. The smallest absolute Gasteiger partial charge is 0.326 e. The average Bonchev–Trinajstić information content (AvgIpc) is 3.42. The van der Waals surface area contributed by atoms with Crippen molar-refractivity contribution in [1.29, 1.82) is 0 Å². The first kappa shape index (κ1) is 33.0. The predicted molar refractivity (Wildman–Crippen MR) is 185 cm³/mol. The van der Waals surface area contributed by atoms with E-state index in [4.69, 9.17) is 0 Å². The summed E-state index contributed by atoms with van der Waals surface area (Å²) in [5, 5.41) is 3.70. The molecule has 1 unspecified atom stereocenters. The molecule has 2 aliphatic heterocycles. The molecule has 2 aliphatic rings. The number of nitrogens with one attached hydrogen (secondary N) is 2. The maximum Gasteiger partial charge on any atom is 0.326 e. The number of rotatable bonds is 12. The van der Waals surface area contributed by atoms with E-state index in [1.807, 2.05) is 53.1 Å². The van der Waals surface area contributed by atoms with Crippen molar-refractivity contribution >= 4 is 29.3 Å². The van der Waals surface area contributed by atoms with Crippen molar-refractivity contribution in [1.82, 2.24) is 24.7 Å². The number of aromatic nitrogens is 2. The van der Waals surface area contributed by atoms with Crippen molar-refractivity contribution in [3.8, 4) is 0 Å². The van der Waals surface area contributed by atoms with Crippen molar-refractivity contribution in [3.05, 3.63) is 107 Å². The Kier molecular flexibility index (Phi) is 11.9. The summed E-state index contributed by atoms with van der Waals surface area (Å²) < 4.78 is 1.98. The van der Waals surface area contributed by atoms with Crippen LogP contribution in [-0.4, -0.2) is 71.1 Å². The number of nitrogens with zero attached hydrogens (tertiary/aromatic N) is 3. The maximum absolute atomic E-state index is 13.7. The van der Waals surface area contributed by atoms with Gasteiger partial charge in [0.1, 0.15) is 0 Å². The van der Waals surface area contributed by atoms with Crippen molar-refractivity contribution in [2.24, 2.45) is 5.92 Å². The lowest BCUT2D eigenvalue weighted by molar-refractivity contribution is -0.134. The molecule has 240 valence electrons. The number of amides is 1. The Morgan fingerprint density at radius 1 is 0.822 bits per heavy atom. The number of carbonyl (C=O) groups is 1. The van der Waals surface area contributed by atoms with E-state index in [1.54, 1.807) is 0 Å². The van der Waals surface area contributed by atoms with Gasteiger partial charge in [0.25, 0.3) is 0 Å². The van der Waals surface area contributed by atoms with Gasteiger partial charge in [-0.3, -0.25) is 9.36 Å². The third-order valence-electron chi connectivity index (χ3n) is 9.77. The van der Waals surface area contributed by atoms with Crippen LogP contribution in [0.2, 0.25) is 0 Å². The summed E-state index contributed by atoms with van der Waals surface area (Å²) in [7, 11) is 0. The minimum Gasteiger partial charge on any atom is -0.342 e. The van der Waals surface area contributed by atoms with Gasteiger partial charge >= 0.3 is 5.69 Å². The molecule has 1 aromatic heterocycles. The Hall–Kier alpha value is -3.39. The number of fused-ring (bicyclic) bond motifs is 1. The molecule has 4 aromatic rings. The molecule has 0 saturated carbocycles. The Morgan fingerprint density at radius 3 is 2.22 bits per heavy atom. The van der Waals surface area contributed by atoms with E-state index < -0.39 is 0 Å². The van der Waals surface area contributed by atoms with Crippen LogP contribution in [0.3, 0.4) is 0 Å². The molecular formula is C37H48ClN5O2. The summed E-state index contributed by atoms with van der Waals surface area (Å²) >= 11 is 0. The highest BCUT2D eigenvalue weighted by Gasteiger charge is 2.29. The molecule has 2 fully saturated rings. The largest absolute Gasteiger partial charge is 0.342 e. The number of benzene rings is 3. The summed E-state index contributed by atoms with van der Waals surface area (Å²) in [6.07, 6.45) is 7.31.